The Kier molecular flexibility index (Phi) is 6.01. The highest BCUT2D eigenvalue weighted by Crippen LogP contribution is 2.26. The maximum absolute atomic E-state index is 12.2. The van der Waals surface area contributed by atoms with Crippen LogP contribution in [0.1, 0.15) is 25.7 Å². The summed E-state index contributed by atoms with van der Waals surface area (Å²) in [6.45, 7) is 8.73. The van der Waals surface area contributed by atoms with Gasteiger partial charge in [-0.1, -0.05) is 36.7 Å². The quantitative estimate of drug-likeness (QED) is 0.311. The molecule has 2 rings (SSSR count). The van der Waals surface area contributed by atoms with E-state index in [0.717, 1.165) is 37.7 Å². The molecule has 1 amide bonds. The second-order valence-corrected chi connectivity index (χ2v) is 6.49. The number of amides is 1. The Balaban J connectivity index is 1.78. The number of rotatable bonds is 8. The number of hydrogen-bond acceptors (Lipinski definition) is 3. The van der Waals surface area contributed by atoms with Crippen LogP contribution in [0, 0.1) is 0 Å². The minimum absolute atomic E-state index is 0.0789. The van der Waals surface area contributed by atoms with Gasteiger partial charge in [-0.05, 0) is 24.8 Å². The first kappa shape index (κ1) is 17.0. The molecule has 1 heterocycles. The molecule has 2 aliphatic rings. The molecule has 0 aromatic carbocycles. The van der Waals surface area contributed by atoms with Crippen molar-refractivity contribution in [1.29, 1.82) is 0 Å². The zero-order valence-corrected chi connectivity index (χ0v) is 14.2. The number of nitrogens with zero attached hydrogens (tertiary/aromatic N) is 1. The highest BCUT2D eigenvalue weighted by atomic mass is 32.1. The first-order valence-corrected chi connectivity index (χ1v) is 8.49. The molecule has 0 bridgehead atoms. The SMILES string of the molecule is BCC(=C)CCN1C(=O)[C@@H](NC(=C)CC2=CCCC=C2)C1S. The largest absolute Gasteiger partial charge is 0.375 e. The van der Waals surface area contributed by atoms with Crippen molar-refractivity contribution < 1.29 is 4.79 Å². The molecule has 1 aliphatic heterocycles. The predicted octanol–water partition coefficient (Wildman–Crippen LogP) is 2.22. The van der Waals surface area contributed by atoms with Gasteiger partial charge in [-0.25, -0.2) is 0 Å². The Morgan fingerprint density at radius 2 is 2.23 bits per heavy atom. The van der Waals surface area contributed by atoms with Crippen molar-refractivity contribution in [1.82, 2.24) is 10.2 Å². The maximum Gasteiger partial charge on any atom is 0.249 e. The summed E-state index contributed by atoms with van der Waals surface area (Å²) >= 11 is 4.55. The molecule has 0 spiro atoms. The first-order chi connectivity index (χ1) is 10.5. The van der Waals surface area contributed by atoms with Crippen molar-refractivity contribution in [3.63, 3.8) is 0 Å². The standard InChI is InChI=1S/C17H25BN2OS/c1-12(11-18)8-9-20-16(21)15(17(20)22)19-13(2)10-14-6-4-3-5-7-14/h4,6-7,15,17,19,22H,1-3,5,8-11,18H2/t15-,17?/m1/s1. The molecule has 1 saturated heterocycles. The molecule has 1 aliphatic carbocycles. The highest BCUT2D eigenvalue weighted by molar-refractivity contribution is 7.81. The summed E-state index contributed by atoms with van der Waals surface area (Å²) in [7, 11) is 2.08. The second kappa shape index (κ2) is 7.77. The normalized spacial score (nSPS) is 23.8. The van der Waals surface area contributed by atoms with E-state index in [1.807, 2.05) is 0 Å². The van der Waals surface area contributed by atoms with Gasteiger partial charge < -0.3 is 10.2 Å². The molecular formula is C17H25BN2OS. The summed E-state index contributed by atoms with van der Waals surface area (Å²) in [6, 6.07) is -0.251. The van der Waals surface area contributed by atoms with Gasteiger partial charge >= 0.3 is 0 Å². The molecule has 0 saturated carbocycles. The molecule has 1 N–H and O–H groups in total. The summed E-state index contributed by atoms with van der Waals surface area (Å²) in [6.07, 6.45) is 11.3. The molecule has 5 heteroatoms. The third-order valence-corrected chi connectivity index (χ3v) is 4.80. The fourth-order valence-corrected chi connectivity index (χ4v) is 3.12. The van der Waals surface area contributed by atoms with Crippen LogP contribution < -0.4 is 5.32 Å². The number of carbonyl (C=O) groups excluding carboxylic acids is 1. The van der Waals surface area contributed by atoms with Crippen molar-refractivity contribution >= 4 is 26.4 Å². The predicted molar refractivity (Wildman–Crippen MR) is 98.7 cm³/mol. The van der Waals surface area contributed by atoms with Crippen LogP contribution in [-0.2, 0) is 4.79 Å². The highest BCUT2D eigenvalue weighted by Gasteiger charge is 2.44. The van der Waals surface area contributed by atoms with Gasteiger partial charge in [0.05, 0.1) is 0 Å². The molecule has 0 aromatic rings. The number of nitrogens with one attached hydrogen (secondary N) is 1. The molecule has 2 atom stereocenters. The van der Waals surface area contributed by atoms with Crippen LogP contribution in [0.3, 0.4) is 0 Å². The van der Waals surface area contributed by atoms with Gasteiger partial charge in [-0.3, -0.25) is 4.79 Å². The minimum Gasteiger partial charge on any atom is -0.375 e. The zero-order valence-electron chi connectivity index (χ0n) is 13.3. The molecule has 118 valence electrons. The second-order valence-electron chi connectivity index (χ2n) is 5.96. The average molecular weight is 316 g/mol. The summed E-state index contributed by atoms with van der Waals surface area (Å²) in [5.74, 6) is 0.109. The topological polar surface area (TPSA) is 32.3 Å². The molecule has 3 nitrogen and oxygen atoms in total. The smallest absolute Gasteiger partial charge is 0.249 e. The van der Waals surface area contributed by atoms with E-state index >= 15 is 0 Å². The number of carbonyl (C=O) groups is 1. The summed E-state index contributed by atoms with van der Waals surface area (Å²) < 4.78 is 0. The lowest BCUT2D eigenvalue weighted by Gasteiger charge is -2.45. The minimum atomic E-state index is -0.251. The van der Waals surface area contributed by atoms with Gasteiger partial charge in [0, 0.05) is 18.7 Å². The fourth-order valence-electron chi connectivity index (χ4n) is 2.68. The van der Waals surface area contributed by atoms with Crippen molar-refractivity contribution in [2.24, 2.45) is 0 Å². The van der Waals surface area contributed by atoms with Crippen LogP contribution in [0.5, 0.6) is 0 Å². The number of likely N-dealkylation sites (tertiary alicyclic amines) is 1. The van der Waals surface area contributed by atoms with Crippen molar-refractivity contribution in [3.8, 4) is 0 Å². The molecular weight excluding hydrogens is 291 g/mol. The van der Waals surface area contributed by atoms with Gasteiger partial charge in [-0.15, -0.1) is 6.58 Å². The van der Waals surface area contributed by atoms with Crippen molar-refractivity contribution in [2.45, 2.75) is 43.4 Å². The Labute approximate surface area is 140 Å². The van der Waals surface area contributed by atoms with E-state index in [1.165, 1.54) is 11.1 Å². The molecule has 0 aromatic heterocycles. The Morgan fingerprint density at radius 3 is 2.82 bits per heavy atom. The van der Waals surface area contributed by atoms with Crippen LogP contribution in [0.4, 0.5) is 0 Å². The fraction of sp³-hybridized carbons (Fsp3) is 0.471. The van der Waals surface area contributed by atoms with E-state index in [1.54, 1.807) is 4.90 Å². The monoisotopic (exact) mass is 316 g/mol. The molecule has 1 fully saturated rings. The molecule has 22 heavy (non-hydrogen) atoms. The lowest BCUT2D eigenvalue weighted by Crippen LogP contribution is -2.67. The van der Waals surface area contributed by atoms with E-state index in [9.17, 15) is 4.79 Å². The Hall–Kier alpha value is -1.36. The molecule has 0 radical (unpaired) electrons. The Bertz CT molecular complexity index is 527. The third-order valence-electron chi connectivity index (χ3n) is 4.22. The number of hydrogen-bond donors (Lipinski definition) is 2. The number of β-lactam (4-membered cyclic amide) rings is 1. The molecule has 1 unspecified atom stereocenters. The van der Waals surface area contributed by atoms with Gasteiger partial charge in [0.25, 0.3) is 0 Å². The first-order valence-electron chi connectivity index (χ1n) is 7.98. The number of allylic oxidation sites excluding steroid dienone is 4. The lowest BCUT2D eigenvalue weighted by atomic mass is 9.95. The van der Waals surface area contributed by atoms with Crippen LogP contribution in [-0.4, -0.2) is 36.6 Å². The van der Waals surface area contributed by atoms with Crippen molar-refractivity contribution in [2.75, 3.05) is 6.54 Å². The van der Waals surface area contributed by atoms with E-state index in [-0.39, 0.29) is 17.3 Å². The van der Waals surface area contributed by atoms with Gasteiger partial charge in [-0.2, -0.15) is 12.6 Å². The number of thiol groups is 1. The average Bonchev–Trinajstić information content (AvgIpc) is 2.53. The zero-order chi connectivity index (χ0) is 16.1. The van der Waals surface area contributed by atoms with Gasteiger partial charge in [0.1, 0.15) is 19.3 Å². The van der Waals surface area contributed by atoms with Crippen molar-refractivity contribution in [3.05, 3.63) is 48.2 Å². The third kappa shape index (κ3) is 4.10. The van der Waals surface area contributed by atoms with Crippen LogP contribution >= 0.6 is 12.6 Å². The van der Waals surface area contributed by atoms with E-state index in [0.29, 0.717) is 6.54 Å². The van der Waals surface area contributed by atoms with E-state index in [2.05, 4.69) is 57.2 Å². The van der Waals surface area contributed by atoms with Crippen LogP contribution in [0.2, 0.25) is 6.32 Å². The maximum atomic E-state index is 12.2. The van der Waals surface area contributed by atoms with Gasteiger partial charge in [0.15, 0.2) is 0 Å². The lowest BCUT2D eigenvalue weighted by molar-refractivity contribution is -0.145. The summed E-state index contributed by atoms with van der Waals surface area (Å²) in [5, 5.41) is 3.16. The van der Waals surface area contributed by atoms with Gasteiger partial charge in [0.2, 0.25) is 5.91 Å². The van der Waals surface area contributed by atoms with Crippen LogP contribution in [0.15, 0.2) is 48.2 Å². The van der Waals surface area contributed by atoms with E-state index < -0.39 is 0 Å². The van der Waals surface area contributed by atoms with Crippen LogP contribution in [0.25, 0.3) is 0 Å². The summed E-state index contributed by atoms with van der Waals surface area (Å²) in [5.41, 5.74) is 3.32. The summed E-state index contributed by atoms with van der Waals surface area (Å²) in [4.78, 5) is 14.0. The Morgan fingerprint density at radius 1 is 1.45 bits per heavy atom. The van der Waals surface area contributed by atoms with E-state index in [4.69, 9.17) is 0 Å².